The average Bonchev–Trinajstić information content (AvgIpc) is 3.50. The molecule has 1 N–H and O–H groups in total. The first-order chi connectivity index (χ1) is 16.2. The molecule has 0 spiro atoms. The summed E-state index contributed by atoms with van der Waals surface area (Å²) in [7, 11) is 3.96. The quantitative estimate of drug-likeness (QED) is 0.299. The standard InChI is InChI=1S/C23H28N4O4S2/c28-21-8-12-31-22-14-18(6-7-20(21)22)30-11-3-10-27-16-17(25-26-27)15-24-23(29)5-2-1-4-19-9-13-32-33-19/h6-8,12,14,16,19H,1-5,9-11,13,15H2,(H,24,29). The van der Waals surface area contributed by atoms with Gasteiger partial charge in [-0.3, -0.25) is 14.3 Å². The summed E-state index contributed by atoms with van der Waals surface area (Å²) in [5.74, 6) is 1.98. The third-order valence-electron chi connectivity index (χ3n) is 5.39. The zero-order valence-corrected chi connectivity index (χ0v) is 20.0. The van der Waals surface area contributed by atoms with Crippen molar-refractivity contribution < 1.29 is 13.9 Å². The van der Waals surface area contributed by atoms with E-state index in [2.05, 4.69) is 15.6 Å². The molecule has 0 bridgehead atoms. The normalized spacial score (nSPS) is 15.7. The number of fused-ring (bicyclic) bond motifs is 1. The second-order valence-electron chi connectivity index (χ2n) is 7.97. The van der Waals surface area contributed by atoms with Gasteiger partial charge in [-0.25, -0.2) is 0 Å². The third-order valence-corrected chi connectivity index (χ3v) is 8.40. The zero-order valence-electron chi connectivity index (χ0n) is 18.4. The van der Waals surface area contributed by atoms with Crippen LogP contribution in [-0.4, -0.2) is 38.5 Å². The second-order valence-corrected chi connectivity index (χ2v) is 10.8. The molecule has 0 radical (unpaired) electrons. The predicted octanol–water partition coefficient (Wildman–Crippen LogP) is 4.18. The van der Waals surface area contributed by atoms with Crippen molar-refractivity contribution in [3.05, 3.63) is 52.6 Å². The SMILES string of the molecule is O=C(CCCCC1CCSS1)NCc1cn(CCCOc2ccc3c(=O)ccoc3c2)nn1. The minimum absolute atomic E-state index is 0.0672. The lowest BCUT2D eigenvalue weighted by Crippen LogP contribution is -2.22. The molecule has 0 aliphatic carbocycles. The van der Waals surface area contributed by atoms with Gasteiger partial charge in [0, 0.05) is 42.5 Å². The number of unbranched alkanes of at least 4 members (excludes halogenated alkanes) is 1. The smallest absolute Gasteiger partial charge is 0.220 e. The van der Waals surface area contributed by atoms with Gasteiger partial charge in [0.15, 0.2) is 5.43 Å². The molecule has 10 heteroatoms. The number of carbonyl (C=O) groups is 1. The Hall–Kier alpha value is -2.46. The molecule has 0 saturated carbocycles. The Bertz CT molecular complexity index is 1110. The Kier molecular flexibility index (Phi) is 8.71. The summed E-state index contributed by atoms with van der Waals surface area (Å²) in [5, 5.41) is 12.5. The lowest BCUT2D eigenvalue weighted by molar-refractivity contribution is -0.121. The van der Waals surface area contributed by atoms with Gasteiger partial charge >= 0.3 is 0 Å². The molecule has 2 aromatic heterocycles. The van der Waals surface area contributed by atoms with Gasteiger partial charge in [-0.05, 0) is 31.4 Å². The van der Waals surface area contributed by atoms with Crippen LogP contribution < -0.4 is 15.5 Å². The van der Waals surface area contributed by atoms with Gasteiger partial charge in [0.05, 0.1) is 31.0 Å². The van der Waals surface area contributed by atoms with E-state index in [0.717, 1.165) is 30.2 Å². The number of amides is 1. The molecule has 1 amide bonds. The number of rotatable bonds is 12. The van der Waals surface area contributed by atoms with Crippen LogP contribution in [0.2, 0.25) is 0 Å². The van der Waals surface area contributed by atoms with Crippen LogP contribution in [-0.2, 0) is 17.9 Å². The number of ether oxygens (including phenoxy) is 1. The second kappa shape index (κ2) is 12.1. The van der Waals surface area contributed by atoms with E-state index in [9.17, 15) is 9.59 Å². The van der Waals surface area contributed by atoms with Crippen molar-refractivity contribution in [1.82, 2.24) is 20.3 Å². The molecule has 4 rings (SSSR count). The predicted molar refractivity (Wildman–Crippen MR) is 131 cm³/mol. The molecule has 176 valence electrons. The number of hydrogen-bond acceptors (Lipinski definition) is 8. The number of nitrogens with one attached hydrogen (secondary N) is 1. The zero-order chi connectivity index (χ0) is 22.9. The van der Waals surface area contributed by atoms with Crippen molar-refractivity contribution in [2.45, 2.75) is 56.9 Å². The summed E-state index contributed by atoms with van der Waals surface area (Å²) in [5.41, 5.74) is 1.18. The van der Waals surface area contributed by atoms with E-state index in [4.69, 9.17) is 9.15 Å². The third kappa shape index (κ3) is 7.26. The summed E-state index contributed by atoms with van der Waals surface area (Å²) in [6, 6.07) is 6.60. The van der Waals surface area contributed by atoms with E-state index >= 15 is 0 Å². The lowest BCUT2D eigenvalue weighted by Gasteiger charge is -2.07. The molecular formula is C23H28N4O4S2. The van der Waals surface area contributed by atoms with Gasteiger partial charge in [-0.2, -0.15) is 0 Å². The maximum absolute atomic E-state index is 12.0. The molecule has 1 unspecified atom stereocenters. The van der Waals surface area contributed by atoms with E-state index in [-0.39, 0.29) is 11.3 Å². The molecule has 3 aromatic rings. The lowest BCUT2D eigenvalue weighted by atomic mass is 10.1. The van der Waals surface area contributed by atoms with Crippen molar-refractivity contribution in [2.75, 3.05) is 12.4 Å². The molecule has 1 atom stereocenters. The Morgan fingerprint density at radius 3 is 3.09 bits per heavy atom. The van der Waals surface area contributed by atoms with Crippen LogP contribution in [0.15, 0.2) is 45.9 Å². The molecule has 3 heterocycles. The van der Waals surface area contributed by atoms with Gasteiger partial charge in [-0.15, -0.1) is 5.10 Å². The summed E-state index contributed by atoms with van der Waals surface area (Å²) in [6.07, 6.45) is 9.08. The van der Waals surface area contributed by atoms with Gasteiger partial charge in [0.1, 0.15) is 17.0 Å². The fourth-order valence-electron chi connectivity index (χ4n) is 3.60. The Balaban J connectivity index is 1.11. The van der Waals surface area contributed by atoms with Crippen molar-refractivity contribution in [1.29, 1.82) is 0 Å². The van der Waals surface area contributed by atoms with Crippen LogP contribution in [0, 0.1) is 0 Å². The van der Waals surface area contributed by atoms with Gasteiger partial charge < -0.3 is 14.5 Å². The molecule has 1 fully saturated rings. The van der Waals surface area contributed by atoms with E-state index in [1.165, 1.54) is 30.9 Å². The van der Waals surface area contributed by atoms with Gasteiger partial charge in [0.25, 0.3) is 0 Å². The van der Waals surface area contributed by atoms with Crippen LogP contribution >= 0.6 is 21.6 Å². The molecular weight excluding hydrogens is 460 g/mol. The highest BCUT2D eigenvalue weighted by molar-refractivity contribution is 8.77. The number of aryl methyl sites for hydroxylation is 1. The van der Waals surface area contributed by atoms with E-state index < -0.39 is 0 Å². The Morgan fingerprint density at radius 1 is 1.27 bits per heavy atom. The highest BCUT2D eigenvalue weighted by atomic mass is 33.1. The first kappa shape index (κ1) is 23.7. The highest BCUT2D eigenvalue weighted by Gasteiger charge is 2.15. The number of hydrogen-bond donors (Lipinski definition) is 1. The topological polar surface area (TPSA) is 99.2 Å². The van der Waals surface area contributed by atoms with Gasteiger partial charge in [0.2, 0.25) is 5.91 Å². The van der Waals surface area contributed by atoms with Crippen molar-refractivity contribution in [2.24, 2.45) is 0 Å². The number of benzene rings is 1. The van der Waals surface area contributed by atoms with Crippen LogP contribution in [0.5, 0.6) is 5.75 Å². The van der Waals surface area contributed by atoms with Crippen LogP contribution in [0.4, 0.5) is 0 Å². The molecule has 8 nitrogen and oxygen atoms in total. The van der Waals surface area contributed by atoms with Crippen LogP contribution in [0.1, 0.15) is 44.2 Å². The number of carbonyl (C=O) groups excluding carboxylic acids is 1. The summed E-state index contributed by atoms with van der Waals surface area (Å²) in [4.78, 5) is 23.8. The maximum Gasteiger partial charge on any atom is 0.220 e. The minimum Gasteiger partial charge on any atom is -0.493 e. The monoisotopic (exact) mass is 488 g/mol. The number of aromatic nitrogens is 3. The van der Waals surface area contributed by atoms with E-state index in [1.807, 2.05) is 27.8 Å². The molecule has 33 heavy (non-hydrogen) atoms. The summed E-state index contributed by atoms with van der Waals surface area (Å²) >= 11 is 0. The Morgan fingerprint density at radius 2 is 2.21 bits per heavy atom. The largest absolute Gasteiger partial charge is 0.493 e. The van der Waals surface area contributed by atoms with Gasteiger partial charge in [-0.1, -0.05) is 33.2 Å². The number of nitrogens with zero attached hydrogens (tertiary/aromatic N) is 3. The van der Waals surface area contributed by atoms with Crippen molar-refractivity contribution in [3.63, 3.8) is 0 Å². The first-order valence-electron chi connectivity index (χ1n) is 11.3. The summed E-state index contributed by atoms with van der Waals surface area (Å²) < 4.78 is 12.9. The fourth-order valence-corrected chi connectivity index (χ4v) is 6.62. The highest BCUT2D eigenvalue weighted by Crippen LogP contribution is 2.39. The van der Waals surface area contributed by atoms with Crippen LogP contribution in [0.3, 0.4) is 0 Å². The Labute approximate surface area is 200 Å². The molecule has 1 aromatic carbocycles. The first-order valence-corrected chi connectivity index (χ1v) is 13.6. The fraction of sp³-hybridized carbons (Fsp3) is 0.478. The average molecular weight is 489 g/mol. The van der Waals surface area contributed by atoms with Crippen molar-refractivity contribution >= 4 is 38.5 Å². The molecule has 1 aliphatic heterocycles. The van der Waals surface area contributed by atoms with Crippen LogP contribution in [0.25, 0.3) is 11.0 Å². The van der Waals surface area contributed by atoms with E-state index in [1.54, 1.807) is 22.9 Å². The summed E-state index contributed by atoms with van der Waals surface area (Å²) in [6.45, 7) is 1.54. The van der Waals surface area contributed by atoms with E-state index in [0.29, 0.717) is 42.8 Å². The molecule has 1 aliphatic rings. The minimum atomic E-state index is -0.0706. The molecule has 1 saturated heterocycles. The maximum atomic E-state index is 12.0. The van der Waals surface area contributed by atoms with Crippen molar-refractivity contribution in [3.8, 4) is 5.75 Å².